The van der Waals surface area contributed by atoms with Gasteiger partial charge in [0.05, 0.1) is 24.5 Å². The number of benzene rings is 1. The molecule has 0 bridgehead atoms. The van der Waals surface area contributed by atoms with Gasteiger partial charge in [-0.3, -0.25) is 4.68 Å². The van der Waals surface area contributed by atoms with Crippen molar-refractivity contribution in [2.45, 2.75) is 33.4 Å². The van der Waals surface area contributed by atoms with E-state index in [9.17, 15) is 0 Å². The number of rotatable bonds is 6. The van der Waals surface area contributed by atoms with Gasteiger partial charge >= 0.3 is 0 Å². The Kier molecular flexibility index (Phi) is 4.44. The smallest absolute Gasteiger partial charge is 0.124 e. The fraction of sp³-hybridized carbons (Fsp3) is 0.400. The Morgan fingerprint density at radius 1 is 1.32 bits per heavy atom. The van der Waals surface area contributed by atoms with Gasteiger partial charge in [-0.25, -0.2) is 0 Å². The SMILES string of the molecule is CCOc1ccccc1C(C)Nc1cnn(CC)c1. The highest BCUT2D eigenvalue weighted by Gasteiger charge is 2.11. The summed E-state index contributed by atoms with van der Waals surface area (Å²) < 4.78 is 7.57. The topological polar surface area (TPSA) is 39.1 Å². The molecular weight excluding hydrogens is 238 g/mol. The van der Waals surface area contributed by atoms with Crippen LogP contribution in [0.3, 0.4) is 0 Å². The Labute approximate surface area is 114 Å². The lowest BCUT2D eigenvalue weighted by molar-refractivity contribution is 0.335. The van der Waals surface area contributed by atoms with E-state index >= 15 is 0 Å². The van der Waals surface area contributed by atoms with Gasteiger partial charge in [0.2, 0.25) is 0 Å². The zero-order valence-electron chi connectivity index (χ0n) is 11.8. The first kappa shape index (κ1) is 13.5. The van der Waals surface area contributed by atoms with Crippen molar-refractivity contribution in [1.29, 1.82) is 0 Å². The van der Waals surface area contributed by atoms with Crippen LogP contribution in [-0.4, -0.2) is 16.4 Å². The van der Waals surface area contributed by atoms with Crippen molar-refractivity contribution in [2.24, 2.45) is 0 Å². The first-order chi connectivity index (χ1) is 9.24. The molecule has 0 saturated heterocycles. The van der Waals surface area contributed by atoms with Gasteiger partial charge in [0, 0.05) is 18.3 Å². The zero-order valence-corrected chi connectivity index (χ0v) is 11.8. The molecule has 0 spiro atoms. The number of aryl methyl sites for hydroxylation is 1. The van der Waals surface area contributed by atoms with Crippen LogP contribution < -0.4 is 10.1 Å². The second-order valence-electron chi connectivity index (χ2n) is 4.42. The minimum Gasteiger partial charge on any atom is -0.494 e. The summed E-state index contributed by atoms with van der Waals surface area (Å²) in [5.41, 5.74) is 2.19. The highest BCUT2D eigenvalue weighted by atomic mass is 16.5. The second kappa shape index (κ2) is 6.27. The second-order valence-corrected chi connectivity index (χ2v) is 4.42. The molecule has 1 N–H and O–H groups in total. The average molecular weight is 259 g/mol. The third-order valence-corrected chi connectivity index (χ3v) is 3.03. The van der Waals surface area contributed by atoms with E-state index in [1.807, 2.05) is 42.2 Å². The minimum atomic E-state index is 0.178. The average Bonchev–Trinajstić information content (AvgIpc) is 2.87. The molecule has 1 heterocycles. The molecule has 2 rings (SSSR count). The Morgan fingerprint density at radius 3 is 2.79 bits per heavy atom. The zero-order chi connectivity index (χ0) is 13.7. The number of para-hydroxylation sites is 1. The van der Waals surface area contributed by atoms with Crippen molar-refractivity contribution in [3.05, 3.63) is 42.2 Å². The molecule has 0 aliphatic carbocycles. The summed E-state index contributed by atoms with van der Waals surface area (Å²) in [6, 6.07) is 8.30. The van der Waals surface area contributed by atoms with E-state index in [0.29, 0.717) is 6.61 Å². The van der Waals surface area contributed by atoms with Crippen molar-refractivity contribution >= 4 is 5.69 Å². The van der Waals surface area contributed by atoms with Crippen molar-refractivity contribution in [1.82, 2.24) is 9.78 Å². The first-order valence-electron chi connectivity index (χ1n) is 6.75. The Bertz CT molecular complexity index is 522. The molecule has 0 saturated carbocycles. The highest BCUT2D eigenvalue weighted by molar-refractivity contribution is 5.45. The van der Waals surface area contributed by atoms with Gasteiger partial charge in [-0.2, -0.15) is 5.10 Å². The fourth-order valence-corrected chi connectivity index (χ4v) is 2.06. The van der Waals surface area contributed by atoms with Crippen LogP contribution in [0.5, 0.6) is 5.75 Å². The fourth-order valence-electron chi connectivity index (χ4n) is 2.06. The summed E-state index contributed by atoms with van der Waals surface area (Å²) in [6.07, 6.45) is 3.86. The predicted octanol–water partition coefficient (Wildman–Crippen LogP) is 3.47. The van der Waals surface area contributed by atoms with Crippen molar-refractivity contribution in [2.75, 3.05) is 11.9 Å². The molecule has 4 heteroatoms. The van der Waals surface area contributed by atoms with E-state index < -0.39 is 0 Å². The Morgan fingerprint density at radius 2 is 2.11 bits per heavy atom. The quantitative estimate of drug-likeness (QED) is 0.863. The molecule has 0 aliphatic heterocycles. The van der Waals surface area contributed by atoms with Gasteiger partial charge in [-0.1, -0.05) is 18.2 Å². The maximum atomic E-state index is 5.66. The lowest BCUT2D eigenvalue weighted by Crippen LogP contribution is -2.08. The lowest BCUT2D eigenvalue weighted by atomic mass is 10.1. The monoisotopic (exact) mass is 259 g/mol. The number of hydrogen-bond acceptors (Lipinski definition) is 3. The third kappa shape index (κ3) is 3.28. The lowest BCUT2D eigenvalue weighted by Gasteiger charge is -2.17. The van der Waals surface area contributed by atoms with Crippen molar-refractivity contribution in [3.63, 3.8) is 0 Å². The summed E-state index contributed by atoms with van der Waals surface area (Å²) in [7, 11) is 0. The van der Waals surface area contributed by atoms with Crippen LogP contribution in [-0.2, 0) is 6.54 Å². The molecular formula is C15H21N3O. The number of anilines is 1. The predicted molar refractivity (Wildman–Crippen MR) is 77.5 cm³/mol. The molecule has 1 aromatic carbocycles. The third-order valence-electron chi connectivity index (χ3n) is 3.03. The van der Waals surface area contributed by atoms with E-state index in [4.69, 9.17) is 4.74 Å². The highest BCUT2D eigenvalue weighted by Crippen LogP contribution is 2.27. The van der Waals surface area contributed by atoms with Gasteiger partial charge in [-0.05, 0) is 26.8 Å². The molecule has 2 aromatic rings. The molecule has 19 heavy (non-hydrogen) atoms. The normalized spacial score (nSPS) is 12.2. The summed E-state index contributed by atoms with van der Waals surface area (Å²) in [6.45, 7) is 7.76. The summed E-state index contributed by atoms with van der Waals surface area (Å²) in [5, 5.41) is 7.71. The largest absolute Gasteiger partial charge is 0.494 e. The summed E-state index contributed by atoms with van der Waals surface area (Å²) in [5.74, 6) is 0.938. The van der Waals surface area contributed by atoms with Crippen LogP contribution in [0.4, 0.5) is 5.69 Å². The molecule has 102 valence electrons. The summed E-state index contributed by atoms with van der Waals surface area (Å²) in [4.78, 5) is 0. The minimum absolute atomic E-state index is 0.178. The number of aromatic nitrogens is 2. The van der Waals surface area contributed by atoms with Gasteiger partial charge in [-0.15, -0.1) is 0 Å². The molecule has 1 aromatic heterocycles. The Balaban J connectivity index is 2.12. The molecule has 0 amide bonds. The maximum Gasteiger partial charge on any atom is 0.124 e. The Hall–Kier alpha value is -1.97. The maximum absolute atomic E-state index is 5.66. The molecule has 0 fully saturated rings. The molecule has 0 radical (unpaired) electrons. The van der Waals surface area contributed by atoms with Gasteiger partial charge in [0.25, 0.3) is 0 Å². The summed E-state index contributed by atoms with van der Waals surface area (Å²) >= 11 is 0. The van der Waals surface area contributed by atoms with E-state index in [1.165, 1.54) is 0 Å². The van der Waals surface area contributed by atoms with E-state index in [0.717, 1.165) is 23.5 Å². The van der Waals surface area contributed by atoms with Crippen LogP contribution in [0.15, 0.2) is 36.7 Å². The molecule has 1 atom stereocenters. The van der Waals surface area contributed by atoms with E-state index in [-0.39, 0.29) is 6.04 Å². The van der Waals surface area contributed by atoms with Crippen molar-refractivity contribution < 1.29 is 4.74 Å². The molecule has 4 nitrogen and oxygen atoms in total. The van der Waals surface area contributed by atoms with E-state index in [2.05, 4.69) is 30.3 Å². The van der Waals surface area contributed by atoms with Crippen LogP contribution in [0.2, 0.25) is 0 Å². The van der Waals surface area contributed by atoms with E-state index in [1.54, 1.807) is 0 Å². The number of nitrogens with one attached hydrogen (secondary N) is 1. The van der Waals surface area contributed by atoms with Gasteiger partial charge in [0.15, 0.2) is 0 Å². The van der Waals surface area contributed by atoms with Crippen LogP contribution >= 0.6 is 0 Å². The number of hydrogen-bond donors (Lipinski definition) is 1. The van der Waals surface area contributed by atoms with Gasteiger partial charge < -0.3 is 10.1 Å². The first-order valence-corrected chi connectivity index (χ1v) is 6.75. The standard InChI is InChI=1S/C15H21N3O/c1-4-18-11-13(10-16-18)17-12(3)14-8-6-7-9-15(14)19-5-2/h6-12,17H,4-5H2,1-3H3. The molecule has 1 unspecified atom stereocenters. The van der Waals surface area contributed by atoms with Crippen LogP contribution in [0.25, 0.3) is 0 Å². The van der Waals surface area contributed by atoms with Gasteiger partial charge in [0.1, 0.15) is 5.75 Å². The number of ether oxygens (including phenoxy) is 1. The molecule has 0 aliphatic rings. The van der Waals surface area contributed by atoms with Crippen LogP contribution in [0.1, 0.15) is 32.4 Å². The van der Waals surface area contributed by atoms with Crippen molar-refractivity contribution in [3.8, 4) is 5.75 Å². The van der Waals surface area contributed by atoms with Crippen LogP contribution in [0, 0.1) is 0 Å². The number of nitrogens with zero attached hydrogens (tertiary/aromatic N) is 2.